The minimum Gasteiger partial charge on any atom is -0.380 e. The van der Waals surface area contributed by atoms with Crippen molar-refractivity contribution < 1.29 is 13.9 Å². The summed E-state index contributed by atoms with van der Waals surface area (Å²) in [5.41, 5.74) is 1.56. The molecular formula is C26H29FN6O2. The maximum Gasteiger partial charge on any atom is 0.320 e. The minimum atomic E-state index is -0.280. The van der Waals surface area contributed by atoms with Gasteiger partial charge in [0, 0.05) is 42.9 Å². The highest BCUT2D eigenvalue weighted by Gasteiger charge is 2.58. The molecule has 7 rings (SSSR count). The topological polar surface area (TPSA) is 98.1 Å². The third-order valence-electron chi connectivity index (χ3n) is 9.05. The van der Waals surface area contributed by atoms with Crippen LogP contribution < -0.4 is 0 Å². The van der Waals surface area contributed by atoms with Gasteiger partial charge >= 0.3 is 6.03 Å². The lowest BCUT2D eigenvalue weighted by atomic mass is 9.56. The van der Waals surface area contributed by atoms with E-state index >= 15 is 0 Å². The Kier molecular flexibility index (Phi) is 4.57. The van der Waals surface area contributed by atoms with Gasteiger partial charge in [-0.3, -0.25) is 5.10 Å². The van der Waals surface area contributed by atoms with E-state index in [2.05, 4.69) is 10.2 Å². The summed E-state index contributed by atoms with van der Waals surface area (Å²) in [6, 6.07) is 6.91. The van der Waals surface area contributed by atoms with Crippen molar-refractivity contribution in [3.8, 4) is 6.07 Å². The Hall–Kier alpha value is -2.99. The van der Waals surface area contributed by atoms with E-state index in [1.54, 1.807) is 12.1 Å². The van der Waals surface area contributed by atoms with Crippen molar-refractivity contribution in [2.45, 2.75) is 43.9 Å². The molecule has 4 heterocycles. The highest BCUT2D eigenvalue weighted by Crippen LogP contribution is 2.57. The zero-order chi connectivity index (χ0) is 23.8. The van der Waals surface area contributed by atoms with Crippen LogP contribution in [0.5, 0.6) is 0 Å². The fraction of sp³-hybridized carbons (Fsp3) is 0.615. The molecule has 35 heavy (non-hydrogen) atoms. The van der Waals surface area contributed by atoms with Crippen LogP contribution in [0.3, 0.4) is 0 Å². The third-order valence-corrected chi connectivity index (χ3v) is 9.05. The molecule has 2 aliphatic carbocycles. The van der Waals surface area contributed by atoms with Crippen LogP contribution in [0.4, 0.5) is 9.18 Å². The number of ether oxygens (including phenoxy) is 1. The van der Waals surface area contributed by atoms with Crippen molar-refractivity contribution in [2.75, 3.05) is 39.4 Å². The first kappa shape index (κ1) is 21.3. The van der Waals surface area contributed by atoms with Crippen molar-refractivity contribution in [3.63, 3.8) is 0 Å². The largest absolute Gasteiger partial charge is 0.380 e. The summed E-state index contributed by atoms with van der Waals surface area (Å²) >= 11 is 0. The van der Waals surface area contributed by atoms with Crippen molar-refractivity contribution in [1.82, 2.24) is 25.0 Å². The van der Waals surface area contributed by atoms with E-state index in [1.807, 2.05) is 15.9 Å². The van der Waals surface area contributed by atoms with Gasteiger partial charge in [0.1, 0.15) is 11.6 Å². The fourth-order valence-electron chi connectivity index (χ4n) is 7.13. The molecule has 9 heteroatoms. The molecule has 5 fully saturated rings. The maximum absolute atomic E-state index is 14.2. The van der Waals surface area contributed by atoms with E-state index in [0.717, 1.165) is 76.7 Å². The van der Waals surface area contributed by atoms with Crippen molar-refractivity contribution >= 4 is 6.03 Å². The Bertz CT molecular complexity index is 1200. The van der Waals surface area contributed by atoms with E-state index in [4.69, 9.17) is 15.0 Å². The van der Waals surface area contributed by atoms with Gasteiger partial charge in [-0.2, -0.15) is 10.4 Å². The Morgan fingerprint density at radius 2 is 1.80 bits per heavy atom. The van der Waals surface area contributed by atoms with Gasteiger partial charge in [-0.25, -0.2) is 14.2 Å². The van der Waals surface area contributed by atoms with Crippen LogP contribution in [0, 0.1) is 33.9 Å². The quantitative estimate of drug-likeness (QED) is 0.731. The number of halogens is 1. The first-order chi connectivity index (χ1) is 16.9. The second-order valence-electron chi connectivity index (χ2n) is 11.8. The number of amides is 2. The fourth-order valence-corrected chi connectivity index (χ4v) is 7.13. The summed E-state index contributed by atoms with van der Waals surface area (Å²) in [4.78, 5) is 21.6. The number of benzene rings is 1. The van der Waals surface area contributed by atoms with Gasteiger partial charge in [-0.1, -0.05) is 6.07 Å². The Morgan fingerprint density at radius 1 is 1.11 bits per heavy atom. The Balaban J connectivity index is 0.850. The normalized spacial score (nSPS) is 24.8. The summed E-state index contributed by atoms with van der Waals surface area (Å²) in [5.74, 6) is 2.82. The van der Waals surface area contributed by atoms with Gasteiger partial charge in [0.25, 0.3) is 0 Å². The SMILES string of the molecule is N#Cc1ccc(CC2CC3(C2)CN(C(=O)N2CC4(CC(c5nc(C6COC6)n[nH]5)C4)C2)C3)c(F)c1. The molecule has 2 aromatic rings. The van der Waals surface area contributed by atoms with Gasteiger partial charge in [0.2, 0.25) is 0 Å². The molecule has 0 atom stereocenters. The predicted molar refractivity (Wildman–Crippen MR) is 123 cm³/mol. The van der Waals surface area contributed by atoms with Gasteiger partial charge in [-0.05, 0) is 55.7 Å². The number of nitriles is 1. The van der Waals surface area contributed by atoms with Crippen LogP contribution in [0.1, 0.15) is 60.3 Å². The van der Waals surface area contributed by atoms with Gasteiger partial charge in [0.05, 0.1) is 30.8 Å². The number of nitrogens with zero attached hydrogens (tertiary/aromatic N) is 5. The summed E-state index contributed by atoms with van der Waals surface area (Å²) in [5, 5.41) is 16.4. The molecule has 2 spiro atoms. The van der Waals surface area contributed by atoms with E-state index in [0.29, 0.717) is 35.3 Å². The van der Waals surface area contributed by atoms with Crippen LogP contribution in [0.15, 0.2) is 18.2 Å². The number of urea groups is 1. The number of hydrogen-bond donors (Lipinski definition) is 1. The van der Waals surface area contributed by atoms with Crippen molar-refractivity contribution in [2.24, 2.45) is 16.7 Å². The molecule has 2 saturated carbocycles. The lowest BCUT2D eigenvalue weighted by Gasteiger charge is -2.63. The van der Waals surface area contributed by atoms with Gasteiger partial charge in [-0.15, -0.1) is 0 Å². The standard InChI is InChI=1S/C26H29FN6O2/c27-21-4-16(9-28)1-2-18(21)3-17-5-25(6-17)12-32(13-25)24(34)33-14-26(15-33)7-19(8-26)22-29-23(31-30-22)20-10-35-11-20/h1-2,4,17,19-20H,3,5-8,10-15H2,(H,29,30,31). The zero-order valence-corrected chi connectivity index (χ0v) is 19.7. The second kappa shape index (κ2) is 7.50. The van der Waals surface area contributed by atoms with E-state index in [-0.39, 0.29) is 22.7 Å². The lowest BCUT2D eigenvalue weighted by Crippen LogP contribution is -2.71. The second-order valence-corrected chi connectivity index (χ2v) is 11.8. The molecule has 0 bridgehead atoms. The average Bonchev–Trinajstić information content (AvgIpc) is 3.15. The first-order valence-corrected chi connectivity index (χ1v) is 12.7. The highest BCUT2D eigenvalue weighted by molar-refractivity contribution is 5.77. The molecule has 3 aliphatic heterocycles. The molecule has 3 saturated heterocycles. The number of hydrogen-bond acceptors (Lipinski definition) is 5. The Morgan fingerprint density at radius 3 is 2.40 bits per heavy atom. The number of aromatic nitrogens is 3. The molecule has 182 valence electrons. The van der Waals surface area contributed by atoms with Crippen LogP contribution >= 0.6 is 0 Å². The molecule has 2 amide bonds. The number of carbonyl (C=O) groups excluding carboxylic acids is 1. The summed E-state index contributed by atoms with van der Waals surface area (Å²) < 4.78 is 19.4. The predicted octanol–water partition coefficient (Wildman–Crippen LogP) is 3.18. The number of rotatable bonds is 4. The van der Waals surface area contributed by atoms with E-state index in [9.17, 15) is 9.18 Å². The van der Waals surface area contributed by atoms with E-state index < -0.39 is 0 Å². The summed E-state index contributed by atoms with van der Waals surface area (Å²) in [6.07, 6.45) is 4.96. The van der Waals surface area contributed by atoms with Gasteiger partial charge in [0.15, 0.2) is 5.82 Å². The zero-order valence-electron chi connectivity index (χ0n) is 19.7. The summed E-state index contributed by atoms with van der Waals surface area (Å²) in [7, 11) is 0. The minimum absolute atomic E-state index is 0.179. The molecule has 1 aromatic carbocycles. The first-order valence-electron chi connectivity index (χ1n) is 12.7. The smallest absolute Gasteiger partial charge is 0.320 e. The highest BCUT2D eigenvalue weighted by atomic mass is 19.1. The molecule has 0 radical (unpaired) electrons. The third kappa shape index (κ3) is 3.45. The number of nitrogens with one attached hydrogen (secondary N) is 1. The lowest BCUT2D eigenvalue weighted by molar-refractivity contribution is -0.100. The van der Waals surface area contributed by atoms with E-state index in [1.165, 1.54) is 6.07 Å². The number of aromatic amines is 1. The van der Waals surface area contributed by atoms with Crippen molar-refractivity contribution in [1.29, 1.82) is 5.26 Å². The molecular weight excluding hydrogens is 447 g/mol. The molecule has 0 unspecified atom stereocenters. The van der Waals surface area contributed by atoms with Crippen molar-refractivity contribution in [3.05, 3.63) is 46.8 Å². The van der Waals surface area contributed by atoms with Crippen LogP contribution in [0.25, 0.3) is 0 Å². The average molecular weight is 477 g/mol. The molecule has 1 aromatic heterocycles. The van der Waals surface area contributed by atoms with Crippen LogP contribution in [0.2, 0.25) is 0 Å². The summed E-state index contributed by atoms with van der Waals surface area (Å²) in [6.45, 7) is 4.80. The Labute approximate surface area is 203 Å². The molecule has 1 N–H and O–H groups in total. The van der Waals surface area contributed by atoms with Gasteiger partial charge < -0.3 is 14.5 Å². The number of likely N-dealkylation sites (tertiary alicyclic amines) is 2. The van der Waals surface area contributed by atoms with Crippen LogP contribution in [-0.2, 0) is 11.2 Å². The number of carbonyl (C=O) groups is 1. The molecule has 8 nitrogen and oxygen atoms in total. The number of H-pyrrole nitrogens is 1. The monoisotopic (exact) mass is 476 g/mol. The van der Waals surface area contributed by atoms with Crippen LogP contribution in [-0.4, -0.2) is 70.4 Å². The molecule has 5 aliphatic rings. The maximum atomic E-state index is 14.2.